The third-order valence-electron chi connectivity index (χ3n) is 2.33. The van der Waals surface area contributed by atoms with Crippen LogP contribution in [0.2, 0.25) is 0 Å². The number of carbonyl (C=O) groups is 1. The first-order chi connectivity index (χ1) is 7.22. The Morgan fingerprint density at radius 1 is 1.60 bits per heavy atom. The molecule has 3 nitrogen and oxygen atoms in total. The highest BCUT2D eigenvalue weighted by atomic mass is 32.1. The summed E-state index contributed by atoms with van der Waals surface area (Å²) in [4.78, 5) is 10.9. The minimum atomic E-state index is -0.180. The van der Waals surface area contributed by atoms with E-state index >= 15 is 0 Å². The van der Waals surface area contributed by atoms with Crippen LogP contribution in [0.1, 0.15) is 24.8 Å². The van der Waals surface area contributed by atoms with E-state index in [-0.39, 0.29) is 12.0 Å². The van der Waals surface area contributed by atoms with Gasteiger partial charge in [0.1, 0.15) is 0 Å². The third kappa shape index (κ3) is 4.95. The predicted molar refractivity (Wildman–Crippen MR) is 61.9 cm³/mol. The Hall–Kier alpha value is -0.870. The smallest absolute Gasteiger partial charge is 0.305 e. The van der Waals surface area contributed by atoms with Gasteiger partial charge in [-0.2, -0.15) is 11.3 Å². The maximum atomic E-state index is 10.9. The Morgan fingerprint density at radius 3 is 3.00 bits per heavy atom. The first kappa shape index (κ1) is 12.2. The molecule has 0 aromatic carbocycles. The molecule has 4 heteroatoms. The normalized spacial score (nSPS) is 12.4. The van der Waals surface area contributed by atoms with Crippen LogP contribution >= 0.6 is 11.3 Å². The van der Waals surface area contributed by atoms with E-state index in [1.165, 1.54) is 12.7 Å². The lowest BCUT2D eigenvalue weighted by molar-refractivity contribution is -0.140. The van der Waals surface area contributed by atoms with Crippen LogP contribution in [-0.2, 0) is 16.0 Å². The van der Waals surface area contributed by atoms with Gasteiger partial charge in [-0.3, -0.25) is 4.79 Å². The highest BCUT2D eigenvalue weighted by Gasteiger charge is 2.07. The summed E-state index contributed by atoms with van der Waals surface area (Å²) >= 11 is 1.70. The van der Waals surface area contributed by atoms with Crippen LogP contribution in [-0.4, -0.2) is 19.1 Å². The first-order valence-electron chi connectivity index (χ1n) is 5.06. The van der Waals surface area contributed by atoms with E-state index in [0.29, 0.717) is 12.8 Å². The molecule has 0 fully saturated rings. The van der Waals surface area contributed by atoms with Crippen molar-refractivity contribution in [3.63, 3.8) is 0 Å². The summed E-state index contributed by atoms with van der Waals surface area (Å²) < 4.78 is 4.56. The number of hydrogen-bond acceptors (Lipinski definition) is 4. The van der Waals surface area contributed by atoms with E-state index in [2.05, 4.69) is 21.6 Å². The van der Waals surface area contributed by atoms with E-state index in [0.717, 1.165) is 12.8 Å². The first-order valence-corrected chi connectivity index (χ1v) is 6.00. The molecule has 0 radical (unpaired) electrons. The number of hydrogen-bond donors (Lipinski definition) is 1. The van der Waals surface area contributed by atoms with Crippen LogP contribution in [0.15, 0.2) is 16.8 Å². The zero-order valence-corrected chi connectivity index (χ0v) is 9.76. The van der Waals surface area contributed by atoms with Gasteiger partial charge in [-0.1, -0.05) is 0 Å². The standard InChI is InChI=1S/C11H17NO2S/c1-14-11(13)5-4-10(12)3-2-9-6-7-15-8-9/h6-8,10H,2-5,12H2,1H3. The summed E-state index contributed by atoms with van der Waals surface area (Å²) in [7, 11) is 1.40. The van der Waals surface area contributed by atoms with Crippen molar-refractivity contribution in [2.24, 2.45) is 5.73 Å². The Bertz CT molecular complexity index is 285. The van der Waals surface area contributed by atoms with Crippen LogP contribution < -0.4 is 5.73 Å². The number of aryl methyl sites for hydroxylation is 1. The maximum Gasteiger partial charge on any atom is 0.305 e. The number of esters is 1. The second kappa shape index (κ2) is 6.58. The molecular weight excluding hydrogens is 210 g/mol. The van der Waals surface area contributed by atoms with Gasteiger partial charge < -0.3 is 10.5 Å². The monoisotopic (exact) mass is 227 g/mol. The topological polar surface area (TPSA) is 52.3 Å². The summed E-state index contributed by atoms with van der Waals surface area (Å²) in [5.74, 6) is -0.180. The largest absolute Gasteiger partial charge is 0.469 e. The van der Waals surface area contributed by atoms with Crippen molar-refractivity contribution < 1.29 is 9.53 Å². The molecule has 1 unspecified atom stereocenters. The molecule has 0 spiro atoms. The quantitative estimate of drug-likeness (QED) is 0.756. The molecule has 0 aliphatic carbocycles. The van der Waals surface area contributed by atoms with Crippen LogP contribution in [0.4, 0.5) is 0 Å². The second-order valence-electron chi connectivity index (χ2n) is 3.55. The van der Waals surface area contributed by atoms with Gasteiger partial charge in [0.15, 0.2) is 0 Å². The zero-order valence-electron chi connectivity index (χ0n) is 8.94. The molecule has 1 aromatic rings. The minimum Gasteiger partial charge on any atom is -0.469 e. The fourth-order valence-corrected chi connectivity index (χ4v) is 2.04. The lowest BCUT2D eigenvalue weighted by atomic mass is 10.0. The minimum absolute atomic E-state index is 0.0870. The average Bonchev–Trinajstić information content (AvgIpc) is 2.75. The van der Waals surface area contributed by atoms with E-state index in [4.69, 9.17) is 5.73 Å². The highest BCUT2D eigenvalue weighted by Crippen LogP contribution is 2.11. The van der Waals surface area contributed by atoms with Crippen LogP contribution in [0, 0.1) is 0 Å². The average molecular weight is 227 g/mol. The van der Waals surface area contributed by atoms with Gasteiger partial charge >= 0.3 is 5.97 Å². The summed E-state index contributed by atoms with van der Waals surface area (Å²) in [6.07, 6.45) is 3.04. The van der Waals surface area contributed by atoms with Crippen molar-refractivity contribution in [2.75, 3.05) is 7.11 Å². The Kier molecular flexibility index (Phi) is 5.36. The van der Waals surface area contributed by atoms with Crippen molar-refractivity contribution in [1.82, 2.24) is 0 Å². The molecule has 2 N–H and O–H groups in total. The van der Waals surface area contributed by atoms with Crippen molar-refractivity contribution >= 4 is 17.3 Å². The number of rotatable bonds is 6. The molecule has 0 aliphatic heterocycles. The van der Waals surface area contributed by atoms with E-state index in [9.17, 15) is 4.79 Å². The third-order valence-corrected chi connectivity index (χ3v) is 3.06. The van der Waals surface area contributed by atoms with Gasteiger partial charge in [-0.05, 0) is 41.7 Å². The van der Waals surface area contributed by atoms with Gasteiger partial charge in [0.25, 0.3) is 0 Å². The zero-order chi connectivity index (χ0) is 11.1. The number of carbonyl (C=O) groups excluding carboxylic acids is 1. The summed E-state index contributed by atoms with van der Waals surface area (Å²) in [6, 6.07) is 2.20. The molecule has 0 amide bonds. The molecule has 0 aliphatic rings. The van der Waals surface area contributed by atoms with Crippen molar-refractivity contribution in [3.8, 4) is 0 Å². The molecule has 15 heavy (non-hydrogen) atoms. The molecule has 1 atom stereocenters. The summed E-state index contributed by atoms with van der Waals surface area (Å²) in [5.41, 5.74) is 7.22. The molecule has 1 rings (SSSR count). The van der Waals surface area contributed by atoms with Crippen molar-refractivity contribution in [1.29, 1.82) is 0 Å². The van der Waals surface area contributed by atoms with Crippen LogP contribution in [0.25, 0.3) is 0 Å². The Morgan fingerprint density at radius 2 is 2.40 bits per heavy atom. The van der Waals surface area contributed by atoms with Crippen molar-refractivity contribution in [3.05, 3.63) is 22.4 Å². The molecule has 0 bridgehead atoms. The number of thiophene rings is 1. The molecule has 1 aromatic heterocycles. The Balaban J connectivity index is 2.13. The van der Waals surface area contributed by atoms with E-state index < -0.39 is 0 Å². The Labute approximate surface area is 94.2 Å². The van der Waals surface area contributed by atoms with Crippen molar-refractivity contribution in [2.45, 2.75) is 31.7 Å². The lowest BCUT2D eigenvalue weighted by Crippen LogP contribution is -2.22. The van der Waals surface area contributed by atoms with Gasteiger partial charge in [0.05, 0.1) is 7.11 Å². The second-order valence-corrected chi connectivity index (χ2v) is 4.33. The van der Waals surface area contributed by atoms with Gasteiger partial charge in [0, 0.05) is 12.5 Å². The molecule has 84 valence electrons. The van der Waals surface area contributed by atoms with E-state index in [1.54, 1.807) is 11.3 Å². The lowest BCUT2D eigenvalue weighted by Gasteiger charge is -2.09. The predicted octanol–water partition coefficient (Wildman–Crippen LogP) is 1.96. The molecular formula is C11H17NO2S. The maximum absolute atomic E-state index is 10.9. The number of methoxy groups -OCH3 is 1. The van der Waals surface area contributed by atoms with E-state index in [1.807, 2.05) is 0 Å². The van der Waals surface area contributed by atoms with Gasteiger partial charge in [-0.25, -0.2) is 0 Å². The number of nitrogens with two attached hydrogens (primary N) is 1. The van der Waals surface area contributed by atoms with Gasteiger partial charge in [-0.15, -0.1) is 0 Å². The highest BCUT2D eigenvalue weighted by molar-refractivity contribution is 7.07. The molecule has 0 saturated carbocycles. The fourth-order valence-electron chi connectivity index (χ4n) is 1.34. The van der Waals surface area contributed by atoms with Gasteiger partial charge in [0.2, 0.25) is 0 Å². The molecule has 0 saturated heterocycles. The number of ether oxygens (including phenoxy) is 1. The van der Waals surface area contributed by atoms with Crippen LogP contribution in [0.5, 0.6) is 0 Å². The summed E-state index contributed by atoms with van der Waals surface area (Å²) in [5, 5.41) is 4.20. The molecule has 1 heterocycles. The fraction of sp³-hybridized carbons (Fsp3) is 0.545. The van der Waals surface area contributed by atoms with Crippen LogP contribution in [0.3, 0.4) is 0 Å². The SMILES string of the molecule is COC(=O)CCC(N)CCc1ccsc1. The summed E-state index contributed by atoms with van der Waals surface area (Å²) in [6.45, 7) is 0.